The van der Waals surface area contributed by atoms with E-state index in [2.05, 4.69) is 0 Å². The van der Waals surface area contributed by atoms with E-state index in [9.17, 15) is 4.39 Å². The molecule has 1 aromatic carbocycles. The second kappa shape index (κ2) is 2.89. The summed E-state index contributed by atoms with van der Waals surface area (Å²) >= 11 is 0. The summed E-state index contributed by atoms with van der Waals surface area (Å²) in [5.41, 5.74) is 12.0. The molecule has 0 aliphatic carbocycles. The minimum absolute atomic E-state index is 0.276. The minimum atomic E-state index is -0.355. The van der Waals surface area contributed by atoms with E-state index in [-0.39, 0.29) is 11.5 Å². The lowest BCUT2D eigenvalue weighted by molar-refractivity contribution is 0.627. The number of hydrogen-bond acceptors (Lipinski definition) is 3. The quantitative estimate of drug-likeness (QED) is 0.618. The van der Waals surface area contributed by atoms with Gasteiger partial charge < -0.3 is 16.4 Å². The average Bonchev–Trinajstić information content (AvgIpc) is 1.96. The first-order valence-electron chi connectivity index (χ1n) is 3.54. The number of nitrogens with zero attached hydrogens (tertiary/aromatic N) is 1. The number of nitrogens with two attached hydrogens (primary N) is 2. The Labute approximate surface area is 70.8 Å². The summed E-state index contributed by atoms with van der Waals surface area (Å²) in [5.74, 6) is -0.355. The first-order valence-corrected chi connectivity index (χ1v) is 3.54. The zero-order valence-corrected chi connectivity index (χ0v) is 7.13. The van der Waals surface area contributed by atoms with Crippen LogP contribution in [0, 0.1) is 5.82 Å². The van der Waals surface area contributed by atoms with Crippen LogP contribution >= 0.6 is 0 Å². The fourth-order valence-corrected chi connectivity index (χ4v) is 0.936. The molecule has 0 atom stereocenters. The molecular weight excluding hydrogens is 157 g/mol. The molecule has 0 bridgehead atoms. The molecule has 0 spiro atoms. The molecule has 0 saturated carbocycles. The maximum atomic E-state index is 13.1. The van der Waals surface area contributed by atoms with Gasteiger partial charge in [0.25, 0.3) is 0 Å². The maximum Gasteiger partial charge on any atom is 0.148 e. The number of nitrogen functional groups attached to an aromatic ring is 2. The van der Waals surface area contributed by atoms with Crippen LogP contribution in [-0.4, -0.2) is 14.1 Å². The Morgan fingerprint density at radius 3 is 2.17 bits per heavy atom. The molecule has 0 aliphatic rings. The molecule has 0 unspecified atom stereocenters. The van der Waals surface area contributed by atoms with E-state index in [4.69, 9.17) is 11.5 Å². The Morgan fingerprint density at radius 1 is 1.17 bits per heavy atom. The molecule has 0 heterocycles. The van der Waals surface area contributed by atoms with E-state index in [0.29, 0.717) is 11.4 Å². The van der Waals surface area contributed by atoms with Gasteiger partial charge in [0.2, 0.25) is 0 Å². The topological polar surface area (TPSA) is 55.3 Å². The number of benzene rings is 1. The molecule has 1 aromatic rings. The first kappa shape index (κ1) is 8.64. The van der Waals surface area contributed by atoms with Crippen LogP contribution < -0.4 is 16.4 Å². The predicted molar refractivity (Wildman–Crippen MR) is 49.6 cm³/mol. The molecule has 0 fully saturated rings. The normalized spacial score (nSPS) is 9.92. The van der Waals surface area contributed by atoms with Crippen molar-refractivity contribution in [3.8, 4) is 0 Å². The Bertz CT molecular complexity index is 297. The molecule has 0 saturated heterocycles. The second-order valence-corrected chi connectivity index (χ2v) is 2.83. The van der Waals surface area contributed by atoms with Gasteiger partial charge in [0.1, 0.15) is 5.82 Å². The predicted octanol–water partition coefficient (Wildman–Crippen LogP) is 1.06. The molecule has 4 N–H and O–H groups in total. The summed E-state index contributed by atoms with van der Waals surface area (Å²) in [5, 5.41) is 0. The van der Waals surface area contributed by atoms with Crippen LogP contribution in [0.3, 0.4) is 0 Å². The van der Waals surface area contributed by atoms with Crippen molar-refractivity contribution in [3.05, 3.63) is 17.9 Å². The van der Waals surface area contributed by atoms with Crippen LogP contribution in [0.15, 0.2) is 12.1 Å². The smallest absolute Gasteiger partial charge is 0.148 e. The van der Waals surface area contributed by atoms with Gasteiger partial charge in [-0.1, -0.05) is 0 Å². The maximum absolute atomic E-state index is 13.1. The largest absolute Gasteiger partial charge is 0.397 e. The second-order valence-electron chi connectivity index (χ2n) is 2.83. The van der Waals surface area contributed by atoms with E-state index in [1.165, 1.54) is 12.1 Å². The highest BCUT2D eigenvalue weighted by molar-refractivity contribution is 5.70. The summed E-state index contributed by atoms with van der Waals surface area (Å²) in [4.78, 5) is 1.64. The molecule has 4 heteroatoms. The molecule has 1 rings (SSSR count). The summed E-state index contributed by atoms with van der Waals surface area (Å²) < 4.78 is 13.1. The minimum Gasteiger partial charge on any atom is -0.397 e. The van der Waals surface area contributed by atoms with Crippen LogP contribution in [-0.2, 0) is 0 Å². The van der Waals surface area contributed by atoms with E-state index in [1.807, 2.05) is 0 Å². The molecule has 66 valence electrons. The Hall–Kier alpha value is -1.45. The Balaban J connectivity index is 3.23. The number of anilines is 3. The van der Waals surface area contributed by atoms with Crippen molar-refractivity contribution in [2.75, 3.05) is 30.5 Å². The monoisotopic (exact) mass is 169 g/mol. The summed E-state index contributed by atoms with van der Waals surface area (Å²) in [6, 6.07) is 2.75. The van der Waals surface area contributed by atoms with Crippen LogP contribution in [0.4, 0.5) is 21.5 Å². The highest BCUT2D eigenvalue weighted by Crippen LogP contribution is 2.25. The summed E-state index contributed by atoms with van der Waals surface area (Å²) in [6.45, 7) is 0. The third-order valence-corrected chi connectivity index (χ3v) is 1.63. The van der Waals surface area contributed by atoms with Crippen LogP contribution in [0.25, 0.3) is 0 Å². The fraction of sp³-hybridized carbons (Fsp3) is 0.250. The van der Waals surface area contributed by atoms with Gasteiger partial charge in [-0.05, 0) is 6.07 Å². The molecule has 0 amide bonds. The standard InChI is InChI=1S/C8H12FN3/c1-12(2)8-4-7(11)6(10)3-5(8)9/h3-4H,10-11H2,1-2H3. The van der Waals surface area contributed by atoms with E-state index in [1.54, 1.807) is 19.0 Å². The number of rotatable bonds is 1. The highest BCUT2D eigenvalue weighted by atomic mass is 19.1. The lowest BCUT2D eigenvalue weighted by atomic mass is 10.2. The Kier molecular flexibility index (Phi) is 2.08. The van der Waals surface area contributed by atoms with Crippen LogP contribution in [0.2, 0.25) is 0 Å². The molecule has 3 nitrogen and oxygen atoms in total. The van der Waals surface area contributed by atoms with E-state index < -0.39 is 0 Å². The molecule has 0 aliphatic heterocycles. The van der Waals surface area contributed by atoms with Crippen molar-refractivity contribution in [2.24, 2.45) is 0 Å². The molecule has 0 radical (unpaired) electrons. The van der Waals surface area contributed by atoms with Gasteiger partial charge in [-0.15, -0.1) is 0 Å². The van der Waals surface area contributed by atoms with Crippen LogP contribution in [0.1, 0.15) is 0 Å². The van der Waals surface area contributed by atoms with Gasteiger partial charge in [0, 0.05) is 20.2 Å². The first-order chi connectivity index (χ1) is 5.52. The van der Waals surface area contributed by atoms with Gasteiger partial charge in [0.05, 0.1) is 17.1 Å². The lowest BCUT2D eigenvalue weighted by Crippen LogP contribution is -2.11. The third-order valence-electron chi connectivity index (χ3n) is 1.63. The van der Waals surface area contributed by atoms with Crippen molar-refractivity contribution in [1.29, 1.82) is 0 Å². The van der Waals surface area contributed by atoms with Gasteiger partial charge in [-0.3, -0.25) is 0 Å². The van der Waals surface area contributed by atoms with Crippen molar-refractivity contribution in [1.82, 2.24) is 0 Å². The zero-order valence-electron chi connectivity index (χ0n) is 7.13. The van der Waals surface area contributed by atoms with E-state index in [0.717, 1.165) is 0 Å². The molecular formula is C8H12FN3. The fourth-order valence-electron chi connectivity index (χ4n) is 0.936. The SMILES string of the molecule is CN(C)c1cc(N)c(N)cc1F. The number of halogens is 1. The van der Waals surface area contributed by atoms with Crippen molar-refractivity contribution >= 4 is 17.1 Å². The van der Waals surface area contributed by atoms with Crippen LogP contribution in [0.5, 0.6) is 0 Å². The van der Waals surface area contributed by atoms with Gasteiger partial charge in [0.15, 0.2) is 0 Å². The average molecular weight is 169 g/mol. The van der Waals surface area contributed by atoms with Crippen molar-refractivity contribution < 1.29 is 4.39 Å². The molecule has 0 aromatic heterocycles. The summed E-state index contributed by atoms with van der Waals surface area (Å²) in [6.07, 6.45) is 0. The Morgan fingerprint density at radius 2 is 1.67 bits per heavy atom. The lowest BCUT2D eigenvalue weighted by Gasteiger charge is -2.14. The highest BCUT2D eigenvalue weighted by Gasteiger charge is 2.06. The third kappa shape index (κ3) is 1.42. The van der Waals surface area contributed by atoms with Crippen molar-refractivity contribution in [2.45, 2.75) is 0 Å². The van der Waals surface area contributed by atoms with Crippen molar-refractivity contribution in [3.63, 3.8) is 0 Å². The summed E-state index contributed by atoms with van der Waals surface area (Å²) in [7, 11) is 3.49. The van der Waals surface area contributed by atoms with Gasteiger partial charge in [-0.25, -0.2) is 4.39 Å². The number of hydrogen-bond donors (Lipinski definition) is 2. The zero-order chi connectivity index (χ0) is 9.30. The van der Waals surface area contributed by atoms with Gasteiger partial charge in [-0.2, -0.15) is 0 Å². The van der Waals surface area contributed by atoms with Gasteiger partial charge >= 0.3 is 0 Å². The van der Waals surface area contributed by atoms with E-state index >= 15 is 0 Å². The molecule has 12 heavy (non-hydrogen) atoms.